The number of aromatic nitrogens is 4. The molecule has 3 atom stereocenters. The fraction of sp³-hybridized carbons (Fsp3) is 0.227. The van der Waals surface area contributed by atoms with Gasteiger partial charge in [0.2, 0.25) is 5.91 Å². The van der Waals surface area contributed by atoms with E-state index in [1.54, 1.807) is 16.9 Å². The number of hydrogen-bond donors (Lipinski definition) is 2. The molecule has 2 fully saturated rings. The van der Waals surface area contributed by atoms with Crippen LogP contribution >= 0.6 is 0 Å². The smallest absolute Gasteiger partial charge is 0.321 e. The number of fused-ring (bicyclic) bond motifs is 2. The number of carbonyl (C=O) groups excluding carboxylic acids is 2. The molecule has 1 aromatic carbocycles. The third-order valence-electron chi connectivity index (χ3n) is 6.06. The zero-order valence-corrected chi connectivity index (χ0v) is 15.9. The molecule has 4 aromatic rings. The highest BCUT2D eigenvalue weighted by Gasteiger charge is 2.42. The molecular formula is C22H18N6O2. The van der Waals surface area contributed by atoms with Crippen LogP contribution in [-0.2, 0) is 4.79 Å². The molecule has 1 aliphatic heterocycles. The van der Waals surface area contributed by atoms with Crippen molar-refractivity contribution in [3.05, 3.63) is 71.8 Å². The van der Waals surface area contributed by atoms with E-state index in [-0.39, 0.29) is 12.5 Å². The molecule has 1 saturated carbocycles. The molecule has 1 aliphatic carbocycles. The molecule has 30 heavy (non-hydrogen) atoms. The first-order valence-electron chi connectivity index (χ1n) is 9.95. The van der Waals surface area contributed by atoms with Crippen LogP contribution < -0.4 is 10.6 Å². The normalized spacial score (nSPS) is 23.4. The summed E-state index contributed by atoms with van der Waals surface area (Å²) in [6.07, 6.45) is 6.39. The summed E-state index contributed by atoms with van der Waals surface area (Å²) in [6.45, 7) is 0.237. The number of amides is 3. The van der Waals surface area contributed by atoms with Crippen LogP contribution in [0.15, 0.2) is 55.0 Å². The van der Waals surface area contributed by atoms with Crippen LogP contribution in [0.2, 0.25) is 0 Å². The van der Waals surface area contributed by atoms with Gasteiger partial charge < -0.3 is 5.32 Å². The number of benzene rings is 1. The Kier molecular flexibility index (Phi) is 3.61. The van der Waals surface area contributed by atoms with Crippen molar-refractivity contribution in [3.63, 3.8) is 0 Å². The fourth-order valence-electron chi connectivity index (χ4n) is 4.50. The van der Waals surface area contributed by atoms with E-state index in [2.05, 4.69) is 37.8 Å². The molecular weight excluding hydrogens is 380 g/mol. The number of imide groups is 1. The summed E-state index contributed by atoms with van der Waals surface area (Å²) in [4.78, 5) is 32.8. The zero-order valence-electron chi connectivity index (χ0n) is 15.9. The minimum atomic E-state index is -0.521. The van der Waals surface area contributed by atoms with E-state index < -0.39 is 11.9 Å². The number of urea groups is 1. The highest BCUT2D eigenvalue weighted by molar-refractivity contribution is 6.00. The summed E-state index contributed by atoms with van der Waals surface area (Å²) in [7, 11) is 0. The van der Waals surface area contributed by atoms with Gasteiger partial charge in [0.05, 0.1) is 17.1 Å². The molecule has 1 unspecified atom stereocenters. The monoisotopic (exact) mass is 398 g/mol. The number of nitrogens with one attached hydrogen (secondary N) is 2. The molecule has 4 heterocycles. The summed E-state index contributed by atoms with van der Waals surface area (Å²) < 4.78 is 1.73. The van der Waals surface area contributed by atoms with Gasteiger partial charge in [0.1, 0.15) is 0 Å². The molecule has 0 radical (unpaired) electrons. The SMILES string of the molecule is O=C1NCC(c2cc([C@H]3C[C@@H]3c3ccnc4ccccc34)c3nccn3n2)C(=O)N1. The number of imidazole rings is 1. The lowest BCUT2D eigenvalue weighted by Gasteiger charge is -2.22. The maximum absolute atomic E-state index is 12.4. The van der Waals surface area contributed by atoms with Gasteiger partial charge in [-0.2, -0.15) is 5.10 Å². The van der Waals surface area contributed by atoms with Crippen molar-refractivity contribution in [2.75, 3.05) is 6.54 Å². The van der Waals surface area contributed by atoms with E-state index in [0.29, 0.717) is 17.5 Å². The predicted octanol–water partition coefficient (Wildman–Crippen LogP) is 2.47. The molecule has 8 nitrogen and oxygen atoms in total. The Hall–Kier alpha value is -3.81. The highest BCUT2D eigenvalue weighted by Crippen LogP contribution is 2.56. The van der Waals surface area contributed by atoms with Crippen LogP contribution in [0.5, 0.6) is 0 Å². The van der Waals surface area contributed by atoms with Crippen molar-refractivity contribution in [3.8, 4) is 0 Å². The molecule has 1 saturated heterocycles. The third kappa shape index (κ3) is 2.64. The largest absolute Gasteiger partial charge is 0.337 e. The standard InChI is InChI=1S/C22H18N6O2/c29-21-17(11-25-22(30)26-21)19-10-16(20-24-7-8-28(20)27-19)15-9-14(15)12-5-6-23-18-4-2-1-3-13(12)18/h1-8,10,14-15,17H,9,11H2,(H2,25,26,29,30)/t14-,15+,17?/m1/s1. The van der Waals surface area contributed by atoms with Crippen molar-refractivity contribution < 1.29 is 9.59 Å². The van der Waals surface area contributed by atoms with Crippen LogP contribution in [0.25, 0.3) is 16.6 Å². The predicted molar refractivity (Wildman–Crippen MR) is 109 cm³/mol. The average Bonchev–Trinajstić information content (AvgIpc) is 3.40. The van der Waals surface area contributed by atoms with Gasteiger partial charge in [0.25, 0.3) is 0 Å². The lowest BCUT2D eigenvalue weighted by molar-refractivity contribution is -0.122. The highest BCUT2D eigenvalue weighted by atomic mass is 16.2. The van der Waals surface area contributed by atoms with Crippen molar-refractivity contribution in [1.29, 1.82) is 0 Å². The van der Waals surface area contributed by atoms with Gasteiger partial charge >= 0.3 is 6.03 Å². The summed E-state index contributed by atoms with van der Waals surface area (Å²) in [6, 6.07) is 11.8. The van der Waals surface area contributed by atoms with Gasteiger partial charge in [-0.15, -0.1) is 0 Å². The lowest BCUT2D eigenvalue weighted by Crippen LogP contribution is -2.51. The summed E-state index contributed by atoms with van der Waals surface area (Å²) in [5.41, 5.74) is 4.82. The number of hydrogen-bond acceptors (Lipinski definition) is 5. The first kappa shape index (κ1) is 17.1. The number of carbonyl (C=O) groups is 2. The Bertz CT molecular complexity index is 1320. The van der Waals surface area contributed by atoms with Gasteiger partial charge in [-0.25, -0.2) is 14.3 Å². The molecule has 0 spiro atoms. The molecule has 148 valence electrons. The van der Waals surface area contributed by atoms with E-state index in [4.69, 9.17) is 0 Å². The molecule has 3 amide bonds. The average molecular weight is 398 g/mol. The van der Waals surface area contributed by atoms with E-state index in [9.17, 15) is 9.59 Å². The topological polar surface area (TPSA) is 101 Å². The summed E-state index contributed by atoms with van der Waals surface area (Å²) >= 11 is 0. The Labute approximate surface area is 171 Å². The van der Waals surface area contributed by atoms with Gasteiger partial charge in [-0.3, -0.25) is 15.1 Å². The number of rotatable bonds is 3. The van der Waals surface area contributed by atoms with Gasteiger partial charge in [0, 0.05) is 36.1 Å². The summed E-state index contributed by atoms with van der Waals surface area (Å²) in [5.74, 6) is -0.187. The Morgan fingerprint density at radius 3 is 2.77 bits per heavy atom. The second-order valence-electron chi connectivity index (χ2n) is 7.84. The van der Waals surface area contributed by atoms with E-state index in [0.717, 1.165) is 23.1 Å². The molecule has 6 rings (SSSR count). The quantitative estimate of drug-likeness (QED) is 0.552. The number of nitrogens with zero attached hydrogens (tertiary/aromatic N) is 4. The zero-order chi connectivity index (χ0) is 20.2. The van der Waals surface area contributed by atoms with Crippen LogP contribution in [0, 0.1) is 0 Å². The Morgan fingerprint density at radius 2 is 1.87 bits per heavy atom. The minimum absolute atomic E-state index is 0.237. The van der Waals surface area contributed by atoms with Crippen LogP contribution in [0.1, 0.15) is 41.0 Å². The molecule has 0 bridgehead atoms. The second kappa shape index (κ2) is 6.35. The van der Waals surface area contributed by atoms with E-state index >= 15 is 0 Å². The van der Waals surface area contributed by atoms with Crippen molar-refractivity contribution in [2.45, 2.75) is 24.2 Å². The van der Waals surface area contributed by atoms with Crippen LogP contribution in [0.4, 0.5) is 4.79 Å². The van der Waals surface area contributed by atoms with Crippen molar-refractivity contribution in [2.24, 2.45) is 0 Å². The van der Waals surface area contributed by atoms with E-state index in [1.807, 2.05) is 30.5 Å². The minimum Gasteiger partial charge on any atom is -0.337 e. The fourth-order valence-corrected chi connectivity index (χ4v) is 4.50. The van der Waals surface area contributed by atoms with Crippen molar-refractivity contribution in [1.82, 2.24) is 30.2 Å². The number of para-hydroxylation sites is 1. The maximum Gasteiger partial charge on any atom is 0.321 e. The van der Waals surface area contributed by atoms with Gasteiger partial charge in [-0.05, 0) is 42.0 Å². The van der Waals surface area contributed by atoms with Crippen molar-refractivity contribution >= 4 is 28.5 Å². The Morgan fingerprint density at radius 1 is 1.00 bits per heavy atom. The first-order chi connectivity index (χ1) is 14.7. The number of pyridine rings is 1. The van der Waals surface area contributed by atoms with Crippen LogP contribution in [0.3, 0.4) is 0 Å². The first-order valence-corrected chi connectivity index (χ1v) is 9.95. The maximum atomic E-state index is 12.4. The lowest BCUT2D eigenvalue weighted by atomic mass is 9.98. The van der Waals surface area contributed by atoms with Gasteiger partial charge in [-0.1, -0.05) is 18.2 Å². The van der Waals surface area contributed by atoms with Crippen LogP contribution in [-0.4, -0.2) is 38.1 Å². The molecule has 2 aliphatic rings. The third-order valence-corrected chi connectivity index (χ3v) is 6.06. The van der Waals surface area contributed by atoms with E-state index in [1.165, 1.54) is 10.9 Å². The molecule has 2 N–H and O–H groups in total. The molecule has 8 heteroatoms. The molecule has 3 aromatic heterocycles. The second-order valence-corrected chi connectivity index (χ2v) is 7.84. The Balaban J connectivity index is 1.41. The summed E-state index contributed by atoms with van der Waals surface area (Å²) in [5, 5.41) is 10.8. The van der Waals surface area contributed by atoms with Gasteiger partial charge in [0.15, 0.2) is 5.65 Å².